The molecular weight excluding hydrogens is 150 g/mol. The van der Waals surface area contributed by atoms with Crippen LogP contribution in [0.2, 0.25) is 0 Å². The molecule has 2 heteroatoms. The first-order valence-electron chi connectivity index (χ1n) is 4.05. The molecule has 0 aromatic heterocycles. The average Bonchev–Trinajstić information content (AvgIpc) is 1.97. The van der Waals surface area contributed by atoms with E-state index in [1.165, 1.54) is 5.57 Å². The summed E-state index contributed by atoms with van der Waals surface area (Å²) < 4.78 is 5.34. The van der Waals surface area contributed by atoms with Gasteiger partial charge in [0.15, 0.2) is 0 Å². The van der Waals surface area contributed by atoms with Crippen molar-refractivity contribution in [2.24, 2.45) is 4.99 Å². The van der Waals surface area contributed by atoms with Crippen molar-refractivity contribution in [3.8, 4) is 0 Å². The fraction of sp³-hybridized carbons (Fsp3) is 0.500. The van der Waals surface area contributed by atoms with Crippen molar-refractivity contribution in [3.05, 3.63) is 23.6 Å². The first-order chi connectivity index (χ1) is 5.56. The summed E-state index contributed by atoms with van der Waals surface area (Å²) in [6.45, 7) is 11.4. The summed E-state index contributed by atoms with van der Waals surface area (Å²) in [7, 11) is 0. The van der Waals surface area contributed by atoms with Gasteiger partial charge in [0.2, 0.25) is 5.88 Å². The number of hydrogen-bond donors (Lipinski definition) is 0. The van der Waals surface area contributed by atoms with Crippen molar-refractivity contribution in [1.82, 2.24) is 0 Å². The van der Waals surface area contributed by atoms with Crippen molar-refractivity contribution < 1.29 is 4.74 Å². The first kappa shape index (κ1) is 11.0. The number of rotatable bonds is 4. The van der Waals surface area contributed by atoms with Crippen LogP contribution in [0.25, 0.3) is 0 Å². The molecule has 0 spiro atoms. The van der Waals surface area contributed by atoms with Gasteiger partial charge in [-0.05, 0) is 34.4 Å². The second-order valence-corrected chi connectivity index (χ2v) is 3.07. The molecule has 0 unspecified atom stereocenters. The van der Waals surface area contributed by atoms with Crippen LogP contribution < -0.4 is 0 Å². The molecule has 0 aliphatic heterocycles. The zero-order chi connectivity index (χ0) is 9.56. The lowest BCUT2D eigenvalue weighted by molar-refractivity contribution is 0.146. The van der Waals surface area contributed by atoms with E-state index in [2.05, 4.69) is 11.7 Å². The van der Waals surface area contributed by atoms with Gasteiger partial charge in [-0.3, -0.25) is 0 Å². The molecule has 0 aliphatic rings. The predicted molar refractivity (Wildman–Crippen MR) is 53.3 cm³/mol. The van der Waals surface area contributed by atoms with Crippen LogP contribution in [-0.2, 0) is 4.74 Å². The SMILES string of the molecule is C=N/C(=C\C=C(C)C)OC(C)C. The van der Waals surface area contributed by atoms with Gasteiger partial charge in [0, 0.05) is 6.08 Å². The van der Waals surface area contributed by atoms with Crippen LogP contribution in [-0.4, -0.2) is 12.8 Å². The highest BCUT2D eigenvalue weighted by molar-refractivity contribution is 5.28. The lowest BCUT2D eigenvalue weighted by atomic mass is 10.3. The number of aliphatic imine (C=N–C) groups is 1. The van der Waals surface area contributed by atoms with Gasteiger partial charge in [0.1, 0.15) is 0 Å². The van der Waals surface area contributed by atoms with E-state index in [0.717, 1.165) is 0 Å². The van der Waals surface area contributed by atoms with E-state index in [4.69, 9.17) is 4.74 Å². The summed E-state index contributed by atoms with van der Waals surface area (Å²) in [6.07, 6.45) is 3.92. The first-order valence-corrected chi connectivity index (χ1v) is 4.05. The number of ether oxygens (including phenoxy) is 1. The van der Waals surface area contributed by atoms with E-state index in [0.29, 0.717) is 5.88 Å². The van der Waals surface area contributed by atoms with Gasteiger partial charge in [-0.1, -0.05) is 11.6 Å². The third-order valence-corrected chi connectivity index (χ3v) is 1.07. The number of nitrogens with zero attached hydrogens (tertiary/aromatic N) is 1. The summed E-state index contributed by atoms with van der Waals surface area (Å²) >= 11 is 0. The second-order valence-electron chi connectivity index (χ2n) is 3.07. The van der Waals surface area contributed by atoms with Crippen LogP contribution in [0.15, 0.2) is 28.6 Å². The smallest absolute Gasteiger partial charge is 0.212 e. The summed E-state index contributed by atoms with van der Waals surface area (Å²) in [5, 5.41) is 0. The third kappa shape index (κ3) is 5.71. The second kappa shape index (κ2) is 5.58. The standard InChI is InChI=1S/C10H17NO/c1-8(2)6-7-10(11-5)12-9(3)4/h6-7,9H,5H2,1-4H3/b10-7+. The van der Waals surface area contributed by atoms with Gasteiger partial charge in [-0.2, -0.15) is 0 Å². The van der Waals surface area contributed by atoms with Crippen LogP contribution in [0.4, 0.5) is 0 Å². The number of allylic oxidation sites excluding steroid dienone is 3. The summed E-state index contributed by atoms with van der Waals surface area (Å²) in [5.74, 6) is 0.575. The normalized spacial score (nSPS) is 11.2. The molecule has 0 aromatic carbocycles. The molecule has 0 bridgehead atoms. The molecule has 0 aliphatic carbocycles. The minimum atomic E-state index is 0.146. The molecule has 2 nitrogen and oxygen atoms in total. The molecule has 0 heterocycles. The van der Waals surface area contributed by atoms with E-state index in [1.807, 2.05) is 39.8 Å². The van der Waals surface area contributed by atoms with Crippen molar-refractivity contribution in [1.29, 1.82) is 0 Å². The average molecular weight is 167 g/mol. The Hall–Kier alpha value is -1.05. The Balaban J connectivity index is 4.24. The number of hydrogen-bond acceptors (Lipinski definition) is 2. The maximum Gasteiger partial charge on any atom is 0.212 e. The van der Waals surface area contributed by atoms with E-state index < -0.39 is 0 Å². The molecule has 0 radical (unpaired) electrons. The van der Waals surface area contributed by atoms with Gasteiger partial charge < -0.3 is 4.74 Å². The fourth-order valence-electron chi connectivity index (χ4n) is 0.609. The minimum absolute atomic E-state index is 0.146. The molecular formula is C10H17NO. The highest BCUT2D eigenvalue weighted by atomic mass is 16.5. The van der Waals surface area contributed by atoms with Crippen molar-refractivity contribution >= 4 is 6.72 Å². The molecule has 0 rings (SSSR count). The molecule has 68 valence electrons. The van der Waals surface area contributed by atoms with Crippen LogP contribution >= 0.6 is 0 Å². The van der Waals surface area contributed by atoms with Gasteiger partial charge in [0.25, 0.3) is 0 Å². The molecule has 0 saturated heterocycles. The van der Waals surface area contributed by atoms with Crippen LogP contribution in [0.5, 0.6) is 0 Å². The molecule has 0 fully saturated rings. The van der Waals surface area contributed by atoms with Crippen molar-refractivity contribution in [2.75, 3.05) is 0 Å². The zero-order valence-electron chi connectivity index (χ0n) is 8.29. The molecule has 0 amide bonds. The van der Waals surface area contributed by atoms with E-state index in [1.54, 1.807) is 0 Å². The lowest BCUT2D eigenvalue weighted by Gasteiger charge is -2.07. The molecule has 0 atom stereocenters. The van der Waals surface area contributed by atoms with E-state index >= 15 is 0 Å². The quantitative estimate of drug-likeness (QED) is 0.358. The monoisotopic (exact) mass is 167 g/mol. The predicted octanol–water partition coefficient (Wildman–Crippen LogP) is 2.92. The Morgan fingerprint density at radius 2 is 1.92 bits per heavy atom. The van der Waals surface area contributed by atoms with Crippen molar-refractivity contribution in [3.63, 3.8) is 0 Å². The fourth-order valence-corrected chi connectivity index (χ4v) is 0.609. The van der Waals surface area contributed by atoms with Crippen LogP contribution in [0.1, 0.15) is 27.7 Å². The maximum absolute atomic E-state index is 5.34. The Kier molecular flexibility index (Phi) is 5.09. The minimum Gasteiger partial charge on any atom is -0.475 e. The van der Waals surface area contributed by atoms with E-state index in [-0.39, 0.29) is 6.10 Å². The van der Waals surface area contributed by atoms with Gasteiger partial charge in [0.05, 0.1) is 6.10 Å². The Bertz CT molecular complexity index is 198. The highest BCUT2D eigenvalue weighted by Crippen LogP contribution is 2.04. The molecule has 0 N–H and O–H groups in total. The molecule has 12 heavy (non-hydrogen) atoms. The largest absolute Gasteiger partial charge is 0.475 e. The third-order valence-electron chi connectivity index (χ3n) is 1.07. The molecule has 0 saturated carbocycles. The zero-order valence-corrected chi connectivity index (χ0v) is 8.29. The van der Waals surface area contributed by atoms with Gasteiger partial charge in [-0.15, -0.1) is 0 Å². The maximum atomic E-state index is 5.34. The molecule has 0 aromatic rings. The topological polar surface area (TPSA) is 21.6 Å². The van der Waals surface area contributed by atoms with Gasteiger partial charge in [-0.25, -0.2) is 4.99 Å². The lowest BCUT2D eigenvalue weighted by Crippen LogP contribution is -2.00. The summed E-state index contributed by atoms with van der Waals surface area (Å²) in [4.78, 5) is 3.74. The van der Waals surface area contributed by atoms with E-state index in [9.17, 15) is 0 Å². The Morgan fingerprint density at radius 1 is 1.33 bits per heavy atom. The summed E-state index contributed by atoms with van der Waals surface area (Å²) in [6, 6.07) is 0. The van der Waals surface area contributed by atoms with Gasteiger partial charge >= 0.3 is 0 Å². The Morgan fingerprint density at radius 3 is 2.25 bits per heavy atom. The van der Waals surface area contributed by atoms with Crippen LogP contribution in [0.3, 0.4) is 0 Å². The Labute approximate surface area is 74.7 Å². The highest BCUT2D eigenvalue weighted by Gasteiger charge is 1.95. The summed E-state index contributed by atoms with van der Waals surface area (Å²) in [5.41, 5.74) is 1.21. The van der Waals surface area contributed by atoms with Crippen molar-refractivity contribution in [2.45, 2.75) is 33.8 Å². The van der Waals surface area contributed by atoms with Crippen LogP contribution in [0, 0.1) is 0 Å².